The van der Waals surface area contributed by atoms with E-state index in [1.54, 1.807) is 0 Å². The Morgan fingerprint density at radius 2 is 1.89 bits per heavy atom. The summed E-state index contributed by atoms with van der Waals surface area (Å²) in [5.41, 5.74) is 0.309. The highest BCUT2D eigenvalue weighted by molar-refractivity contribution is 4.78. The number of rotatable bonds is 1. The normalized spacial score (nSPS) is 14.6. The summed E-state index contributed by atoms with van der Waals surface area (Å²) >= 11 is 0. The van der Waals surface area contributed by atoms with Gasteiger partial charge in [0, 0.05) is 13.3 Å². The smallest absolute Gasteiger partial charge is 0.221 e. The van der Waals surface area contributed by atoms with Crippen molar-refractivity contribution in [3.05, 3.63) is 11.4 Å². The van der Waals surface area contributed by atoms with Crippen molar-refractivity contribution < 1.29 is 0 Å². The zero-order chi connectivity index (χ0) is 7.49. The highest BCUT2D eigenvalue weighted by Gasteiger charge is 2.17. The molecule has 0 saturated carbocycles. The first-order valence-corrected chi connectivity index (χ1v) is 3.32. The lowest BCUT2D eigenvalue weighted by Gasteiger charge is -2.16. The lowest BCUT2D eigenvalue weighted by molar-refractivity contribution is 0.364. The predicted octanol–water partition coefficient (Wildman–Crippen LogP) is 2.73. The van der Waals surface area contributed by atoms with Gasteiger partial charge in [-0.3, -0.25) is 0 Å². The molecule has 1 heteroatoms. The van der Waals surface area contributed by atoms with Gasteiger partial charge < -0.3 is 4.85 Å². The van der Waals surface area contributed by atoms with E-state index in [4.69, 9.17) is 6.57 Å². The quantitative estimate of drug-likeness (QED) is 0.475. The van der Waals surface area contributed by atoms with Crippen LogP contribution in [-0.4, -0.2) is 6.04 Å². The molecule has 52 valence electrons. The Morgan fingerprint density at radius 1 is 1.44 bits per heavy atom. The van der Waals surface area contributed by atoms with E-state index in [-0.39, 0.29) is 6.04 Å². The molecule has 1 unspecified atom stereocenters. The van der Waals surface area contributed by atoms with Crippen LogP contribution in [0.25, 0.3) is 4.85 Å². The second-order valence-electron chi connectivity index (χ2n) is 3.74. The second kappa shape index (κ2) is 2.87. The summed E-state index contributed by atoms with van der Waals surface area (Å²) in [6.45, 7) is 15.2. The van der Waals surface area contributed by atoms with Crippen LogP contribution in [0.15, 0.2) is 0 Å². The molecule has 0 radical (unpaired) electrons. The molecular formula is C8H15N. The average Bonchev–Trinajstić information content (AvgIpc) is 1.62. The lowest BCUT2D eigenvalue weighted by Crippen LogP contribution is -2.11. The summed E-state index contributed by atoms with van der Waals surface area (Å²) in [6.07, 6.45) is 0.997. The minimum atomic E-state index is 0.185. The highest BCUT2D eigenvalue weighted by Crippen LogP contribution is 2.21. The van der Waals surface area contributed by atoms with Crippen molar-refractivity contribution in [3.8, 4) is 0 Å². The molecule has 0 aliphatic heterocycles. The molecule has 9 heavy (non-hydrogen) atoms. The fourth-order valence-corrected chi connectivity index (χ4v) is 0.932. The molecule has 0 aromatic heterocycles. The molecule has 0 aromatic carbocycles. The van der Waals surface area contributed by atoms with Crippen molar-refractivity contribution in [2.75, 3.05) is 0 Å². The van der Waals surface area contributed by atoms with Crippen LogP contribution in [0.3, 0.4) is 0 Å². The third kappa shape index (κ3) is 5.36. The molecule has 0 bridgehead atoms. The Labute approximate surface area is 57.9 Å². The molecular weight excluding hydrogens is 110 g/mol. The minimum Gasteiger partial charge on any atom is -0.314 e. The van der Waals surface area contributed by atoms with E-state index in [1.807, 2.05) is 6.92 Å². The van der Waals surface area contributed by atoms with E-state index in [1.165, 1.54) is 0 Å². The largest absolute Gasteiger partial charge is 0.314 e. The van der Waals surface area contributed by atoms with Gasteiger partial charge in [0.15, 0.2) is 0 Å². The van der Waals surface area contributed by atoms with Crippen molar-refractivity contribution in [2.45, 2.75) is 40.2 Å². The lowest BCUT2D eigenvalue weighted by atomic mass is 9.89. The Morgan fingerprint density at radius 3 is 2.00 bits per heavy atom. The maximum Gasteiger partial charge on any atom is 0.221 e. The molecule has 1 atom stereocenters. The van der Waals surface area contributed by atoms with Crippen LogP contribution in [0.2, 0.25) is 0 Å². The Bertz CT molecular complexity index is 114. The highest BCUT2D eigenvalue weighted by atomic mass is 14.7. The van der Waals surface area contributed by atoms with Gasteiger partial charge in [-0.2, -0.15) is 0 Å². The summed E-state index contributed by atoms with van der Waals surface area (Å²) in [5, 5.41) is 0. The van der Waals surface area contributed by atoms with Gasteiger partial charge in [-0.25, -0.2) is 6.57 Å². The predicted molar refractivity (Wildman–Crippen MR) is 40.1 cm³/mol. The van der Waals surface area contributed by atoms with Crippen LogP contribution in [0.1, 0.15) is 34.1 Å². The average molecular weight is 125 g/mol. The van der Waals surface area contributed by atoms with Gasteiger partial charge in [0.2, 0.25) is 6.04 Å². The van der Waals surface area contributed by atoms with Gasteiger partial charge in [0.25, 0.3) is 0 Å². The van der Waals surface area contributed by atoms with E-state index in [9.17, 15) is 0 Å². The van der Waals surface area contributed by atoms with Gasteiger partial charge in [-0.05, 0) is 5.41 Å². The van der Waals surface area contributed by atoms with E-state index >= 15 is 0 Å². The van der Waals surface area contributed by atoms with E-state index in [0.29, 0.717) is 5.41 Å². The molecule has 0 aliphatic carbocycles. The molecule has 0 spiro atoms. The Hall–Kier alpha value is -0.510. The van der Waals surface area contributed by atoms with Crippen molar-refractivity contribution in [2.24, 2.45) is 5.41 Å². The molecule has 0 amide bonds. The molecule has 0 fully saturated rings. The monoisotopic (exact) mass is 125 g/mol. The first kappa shape index (κ1) is 8.49. The number of nitrogens with zero attached hydrogens (tertiary/aromatic N) is 1. The molecule has 0 rings (SSSR count). The summed E-state index contributed by atoms with van der Waals surface area (Å²) in [6, 6.07) is 0.185. The third-order valence-electron chi connectivity index (χ3n) is 1.13. The molecule has 0 aliphatic rings. The van der Waals surface area contributed by atoms with Crippen LogP contribution in [-0.2, 0) is 0 Å². The number of hydrogen-bond donors (Lipinski definition) is 0. The van der Waals surface area contributed by atoms with Crippen LogP contribution < -0.4 is 0 Å². The third-order valence-corrected chi connectivity index (χ3v) is 1.13. The fraction of sp³-hybridized carbons (Fsp3) is 0.875. The van der Waals surface area contributed by atoms with Crippen molar-refractivity contribution in [1.82, 2.24) is 0 Å². The van der Waals surface area contributed by atoms with Crippen LogP contribution in [0.4, 0.5) is 0 Å². The molecule has 0 saturated heterocycles. The maximum atomic E-state index is 6.71. The topological polar surface area (TPSA) is 4.36 Å². The van der Waals surface area contributed by atoms with Gasteiger partial charge in [0.05, 0.1) is 0 Å². The number of hydrogen-bond acceptors (Lipinski definition) is 0. The van der Waals surface area contributed by atoms with Crippen LogP contribution in [0.5, 0.6) is 0 Å². The van der Waals surface area contributed by atoms with Crippen LogP contribution >= 0.6 is 0 Å². The summed E-state index contributed by atoms with van der Waals surface area (Å²) in [5.74, 6) is 0. The van der Waals surface area contributed by atoms with Gasteiger partial charge in [-0.15, -0.1) is 0 Å². The zero-order valence-electron chi connectivity index (χ0n) is 6.73. The van der Waals surface area contributed by atoms with E-state index < -0.39 is 0 Å². The summed E-state index contributed by atoms with van der Waals surface area (Å²) < 4.78 is 0. The summed E-state index contributed by atoms with van der Waals surface area (Å²) in [4.78, 5) is 3.42. The zero-order valence-corrected chi connectivity index (χ0v) is 6.73. The van der Waals surface area contributed by atoms with Crippen molar-refractivity contribution >= 4 is 0 Å². The minimum absolute atomic E-state index is 0.185. The molecule has 0 heterocycles. The first-order valence-electron chi connectivity index (χ1n) is 3.32. The fourth-order valence-electron chi connectivity index (χ4n) is 0.932. The van der Waals surface area contributed by atoms with Gasteiger partial charge in [0.1, 0.15) is 0 Å². The van der Waals surface area contributed by atoms with Gasteiger partial charge in [-0.1, -0.05) is 20.8 Å². The second-order valence-corrected chi connectivity index (χ2v) is 3.74. The standard InChI is InChI=1S/C8H15N/c1-7(9-5)6-8(2,3)4/h7H,6H2,1-4H3. The van der Waals surface area contributed by atoms with Gasteiger partial charge >= 0.3 is 0 Å². The molecule has 0 N–H and O–H groups in total. The Balaban J connectivity index is 3.63. The van der Waals surface area contributed by atoms with Crippen molar-refractivity contribution in [3.63, 3.8) is 0 Å². The maximum absolute atomic E-state index is 6.71. The molecule has 0 aromatic rings. The van der Waals surface area contributed by atoms with E-state index in [0.717, 1.165) is 6.42 Å². The first-order chi connectivity index (χ1) is 3.95. The van der Waals surface area contributed by atoms with Crippen LogP contribution in [0, 0.1) is 12.0 Å². The molecule has 1 nitrogen and oxygen atoms in total. The summed E-state index contributed by atoms with van der Waals surface area (Å²) in [7, 11) is 0. The van der Waals surface area contributed by atoms with Crippen molar-refractivity contribution in [1.29, 1.82) is 0 Å². The van der Waals surface area contributed by atoms with E-state index in [2.05, 4.69) is 25.6 Å². The Kier molecular flexibility index (Phi) is 2.70. The SMILES string of the molecule is [C-]#[N+]C(C)CC(C)(C)C.